The monoisotopic (exact) mass is 399 g/mol. The maximum atomic E-state index is 14.0. The van der Waals surface area contributed by atoms with Crippen molar-refractivity contribution in [2.24, 2.45) is 5.92 Å². The van der Waals surface area contributed by atoms with E-state index in [0.29, 0.717) is 38.3 Å². The predicted molar refractivity (Wildman–Crippen MR) is 110 cm³/mol. The normalized spacial score (nSPS) is 20.0. The molecule has 2 aliphatic rings. The Kier molecular flexibility index (Phi) is 5.78. The number of carbonyl (C=O) groups excluding carboxylic acids is 1. The lowest BCUT2D eigenvalue weighted by Crippen LogP contribution is -2.49. The Morgan fingerprint density at radius 2 is 1.93 bits per heavy atom. The zero-order valence-corrected chi connectivity index (χ0v) is 16.4. The third-order valence-electron chi connectivity index (χ3n) is 5.82. The van der Waals surface area contributed by atoms with Crippen LogP contribution in [0.3, 0.4) is 0 Å². The summed E-state index contributed by atoms with van der Waals surface area (Å²) in [5.74, 6) is 0.206. The minimum Gasteiger partial charge on any atom is -0.370 e. The first-order chi connectivity index (χ1) is 14.1. The van der Waals surface area contributed by atoms with Gasteiger partial charge < -0.3 is 14.7 Å². The first-order valence-electron chi connectivity index (χ1n) is 10.2. The van der Waals surface area contributed by atoms with Crippen LogP contribution < -0.4 is 15.4 Å². The Bertz CT molecular complexity index is 910. The van der Waals surface area contributed by atoms with Gasteiger partial charge in [-0.15, -0.1) is 0 Å². The molecule has 2 aliphatic heterocycles. The van der Waals surface area contributed by atoms with Crippen molar-refractivity contribution in [3.05, 3.63) is 52.7 Å². The third-order valence-corrected chi connectivity index (χ3v) is 5.82. The number of nitrogens with one attached hydrogen (secondary N) is 1. The summed E-state index contributed by atoms with van der Waals surface area (Å²) < 4.78 is 14.0. The van der Waals surface area contributed by atoms with Crippen LogP contribution in [0.1, 0.15) is 19.3 Å². The molecule has 1 unspecified atom stereocenters. The number of carbonyl (C=O) groups is 1. The minimum atomic E-state index is -0.219. The number of piperidine rings is 1. The van der Waals surface area contributed by atoms with Gasteiger partial charge in [-0.3, -0.25) is 9.59 Å². The predicted octanol–water partition coefficient (Wildman–Crippen LogP) is 1.86. The molecular weight excluding hydrogens is 373 g/mol. The maximum Gasteiger partial charge on any atom is 0.266 e. The first-order valence-corrected chi connectivity index (χ1v) is 10.2. The summed E-state index contributed by atoms with van der Waals surface area (Å²) in [5.41, 5.74) is 1.20. The van der Waals surface area contributed by atoms with Gasteiger partial charge in [-0.05, 0) is 30.9 Å². The molecule has 1 aromatic carbocycles. The molecule has 0 bridgehead atoms. The lowest BCUT2D eigenvalue weighted by atomic mass is 9.93. The summed E-state index contributed by atoms with van der Waals surface area (Å²) >= 11 is 0. The van der Waals surface area contributed by atoms with Gasteiger partial charge in [0.15, 0.2) is 0 Å². The molecule has 154 valence electrons. The van der Waals surface area contributed by atoms with Gasteiger partial charge in [0.2, 0.25) is 5.91 Å². The van der Waals surface area contributed by atoms with Crippen LogP contribution in [-0.2, 0) is 4.79 Å². The second kappa shape index (κ2) is 8.63. The number of aromatic amines is 1. The molecule has 29 heavy (non-hydrogen) atoms. The van der Waals surface area contributed by atoms with Gasteiger partial charge in [0.05, 0.1) is 17.6 Å². The van der Waals surface area contributed by atoms with Crippen LogP contribution >= 0.6 is 0 Å². The number of amides is 1. The number of aromatic nitrogens is 2. The van der Waals surface area contributed by atoms with Gasteiger partial charge in [0, 0.05) is 51.8 Å². The Labute approximate surface area is 169 Å². The van der Waals surface area contributed by atoms with Gasteiger partial charge in [-0.1, -0.05) is 12.1 Å². The number of anilines is 2. The molecule has 1 aromatic heterocycles. The van der Waals surface area contributed by atoms with Gasteiger partial charge in [0.25, 0.3) is 5.56 Å². The molecule has 1 atom stereocenters. The second-order valence-electron chi connectivity index (χ2n) is 7.78. The Hall–Kier alpha value is -2.90. The highest BCUT2D eigenvalue weighted by Gasteiger charge is 2.27. The molecule has 2 fully saturated rings. The average Bonchev–Trinajstić information content (AvgIpc) is 2.74. The van der Waals surface area contributed by atoms with Crippen molar-refractivity contribution in [2.45, 2.75) is 19.3 Å². The van der Waals surface area contributed by atoms with Crippen molar-refractivity contribution < 1.29 is 9.18 Å². The highest BCUT2D eigenvalue weighted by atomic mass is 19.1. The standard InChI is InChI=1S/C21H26FN5O2/c22-18-5-1-2-6-19(18)25-8-10-26(11-9-25)21(29)12-16-4-3-7-27(15-16)17-13-20(28)24-23-14-17/h1-2,5-6,13-14,16H,3-4,7-12,15H2,(H,24,28). The number of rotatable bonds is 4. The van der Waals surface area contributed by atoms with Crippen molar-refractivity contribution in [3.63, 3.8) is 0 Å². The second-order valence-corrected chi connectivity index (χ2v) is 7.78. The summed E-state index contributed by atoms with van der Waals surface area (Å²) in [6.07, 6.45) is 4.17. The van der Waals surface area contributed by atoms with E-state index in [4.69, 9.17) is 0 Å². The maximum absolute atomic E-state index is 14.0. The number of hydrogen-bond acceptors (Lipinski definition) is 5. The summed E-state index contributed by atoms with van der Waals surface area (Å²) in [4.78, 5) is 30.4. The first kappa shape index (κ1) is 19.4. The van der Waals surface area contributed by atoms with Crippen molar-refractivity contribution in [1.82, 2.24) is 15.1 Å². The van der Waals surface area contributed by atoms with Crippen LogP contribution in [0.25, 0.3) is 0 Å². The van der Waals surface area contributed by atoms with E-state index in [-0.39, 0.29) is 23.2 Å². The van der Waals surface area contributed by atoms with E-state index < -0.39 is 0 Å². The zero-order valence-electron chi connectivity index (χ0n) is 16.4. The molecule has 0 saturated carbocycles. The van der Waals surface area contributed by atoms with Crippen LogP contribution in [0.4, 0.5) is 15.8 Å². The smallest absolute Gasteiger partial charge is 0.266 e. The fraction of sp³-hybridized carbons (Fsp3) is 0.476. The molecule has 1 amide bonds. The molecule has 3 heterocycles. The molecule has 8 heteroatoms. The number of para-hydroxylation sites is 1. The van der Waals surface area contributed by atoms with Crippen molar-refractivity contribution in [3.8, 4) is 0 Å². The minimum absolute atomic E-state index is 0.161. The van der Waals surface area contributed by atoms with E-state index in [9.17, 15) is 14.0 Å². The summed E-state index contributed by atoms with van der Waals surface area (Å²) in [7, 11) is 0. The lowest BCUT2D eigenvalue weighted by Gasteiger charge is -2.38. The number of piperazine rings is 1. The van der Waals surface area contributed by atoms with Gasteiger partial charge >= 0.3 is 0 Å². The van der Waals surface area contributed by atoms with Gasteiger partial charge in [-0.25, -0.2) is 9.49 Å². The van der Waals surface area contributed by atoms with Crippen molar-refractivity contribution in [1.29, 1.82) is 0 Å². The highest BCUT2D eigenvalue weighted by molar-refractivity contribution is 5.77. The van der Waals surface area contributed by atoms with E-state index in [0.717, 1.165) is 31.6 Å². The molecule has 0 spiro atoms. The molecule has 4 rings (SSSR count). The molecular formula is C21H26FN5O2. The van der Waals surface area contributed by atoms with E-state index in [2.05, 4.69) is 15.1 Å². The lowest BCUT2D eigenvalue weighted by molar-refractivity contribution is -0.132. The van der Waals surface area contributed by atoms with Crippen molar-refractivity contribution >= 4 is 17.3 Å². The summed E-state index contributed by atoms with van der Waals surface area (Å²) in [5, 5.41) is 6.27. The Morgan fingerprint density at radius 3 is 2.69 bits per heavy atom. The van der Waals surface area contributed by atoms with Crippen LogP contribution in [0.5, 0.6) is 0 Å². The van der Waals surface area contributed by atoms with Crippen LogP contribution in [-0.4, -0.2) is 60.3 Å². The van der Waals surface area contributed by atoms with E-state index in [1.165, 1.54) is 6.07 Å². The van der Waals surface area contributed by atoms with Crippen LogP contribution in [0, 0.1) is 11.7 Å². The number of benzene rings is 1. The van der Waals surface area contributed by atoms with E-state index >= 15 is 0 Å². The number of nitrogens with zero attached hydrogens (tertiary/aromatic N) is 4. The molecule has 0 radical (unpaired) electrons. The Morgan fingerprint density at radius 1 is 1.14 bits per heavy atom. The van der Waals surface area contributed by atoms with Crippen molar-refractivity contribution in [2.75, 3.05) is 49.1 Å². The average molecular weight is 399 g/mol. The zero-order chi connectivity index (χ0) is 20.2. The van der Waals surface area contributed by atoms with Gasteiger partial charge in [-0.2, -0.15) is 5.10 Å². The topological polar surface area (TPSA) is 72.5 Å². The highest BCUT2D eigenvalue weighted by Crippen LogP contribution is 2.25. The molecule has 7 nitrogen and oxygen atoms in total. The molecule has 0 aliphatic carbocycles. The third kappa shape index (κ3) is 4.58. The molecule has 1 N–H and O–H groups in total. The fourth-order valence-electron chi connectivity index (χ4n) is 4.29. The Balaban J connectivity index is 1.30. The number of H-pyrrole nitrogens is 1. The number of halogens is 1. The van der Waals surface area contributed by atoms with Crippen LogP contribution in [0.2, 0.25) is 0 Å². The molecule has 2 aromatic rings. The van der Waals surface area contributed by atoms with Crippen LogP contribution in [0.15, 0.2) is 41.3 Å². The SMILES string of the molecule is O=C(CC1CCCN(c2cn[nH]c(=O)c2)C1)N1CCN(c2ccccc2F)CC1. The summed E-state index contributed by atoms with van der Waals surface area (Å²) in [6, 6.07) is 8.33. The number of hydrogen-bond donors (Lipinski definition) is 1. The molecule has 2 saturated heterocycles. The van der Waals surface area contributed by atoms with Gasteiger partial charge in [0.1, 0.15) is 5.82 Å². The summed E-state index contributed by atoms with van der Waals surface area (Å²) in [6.45, 7) is 4.14. The quantitative estimate of drug-likeness (QED) is 0.850. The van der Waals surface area contributed by atoms with E-state index in [1.807, 2.05) is 15.9 Å². The largest absolute Gasteiger partial charge is 0.370 e. The fourth-order valence-corrected chi connectivity index (χ4v) is 4.29. The van der Waals surface area contributed by atoms with E-state index in [1.54, 1.807) is 24.4 Å².